The van der Waals surface area contributed by atoms with Gasteiger partial charge >= 0.3 is 0 Å². The number of nitrogens with zero attached hydrogens (tertiary/aromatic N) is 1. The fraction of sp³-hybridized carbons (Fsp3) is 1.00. The third-order valence-electron chi connectivity index (χ3n) is 4.00. The fourth-order valence-electron chi connectivity index (χ4n) is 2.75. The Kier molecular flexibility index (Phi) is 7.92. The van der Waals surface area contributed by atoms with E-state index in [-0.39, 0.29) is 0 Å². The van der Waals surface area contributed by atoms with Gasteiger partial charge in [0.2, 0.25) is 0 Å². The lowest BCUT2D eigenvalue weighted by Gasteiger charge is -2.32. The van der Waals surface area contributed by atoms with Gasteiger partial charge < -0.3 is 4.90 Å². The summed E-state index contributed by atoms with van der Waals surface area (Å²) in [7, 11) is 0. The maximum absolute atomic E-state index is 2.69. The van der Waals surface area contributed by atoms with Crippen LogP contribution in [-0.2, 0) is 0 Å². The molecule has 1 rings (SSSR count). The molecule has 0 N–H and O–H groups in total. The lowest BCUT2D eigenvalue weighted by molar-refractivity contribution is 0.174. The van der Waals surface area contributed by atoms with Crippen molar-refractivity contribution in [1.29, 1.82) is 0 Å². The molecule has 1 nitrogen and oxygen atoms in total. The van der Waals surface area contributed by atoms with E-state index < -0.39 is 0 Å². The van der Waals surface area contributed by atoms with E-state index in [1.165, 1.54) is 77.4 Å². The summed E-state index contributed by atoms with van der Waals surface area (Å²) >= 11 is 0. The van der Waals surface area contributed by atoms with E-state index in [0.29, 0.717) is 0 Å². The van der Waals surface area contributed by atoms with Gasteiger partial charge in [-0.3, -0.25) is 0 Å². The third kappa shape index (κ3) is 5.89. The maximum Gasteiger partial charge on any atom is -0.00161 e. The van der Waals surface area contributed by atoms with Crippen LogP contribution >= 0.6 is 0 Å². The summed E-state index contributed by atoms with van der Waals surface area (Å²) in [5, 5.41) is 0. The van der Waals surface area contributed by atoms with Crippen molar-refractivity contribution in [3.8, 4) is 0 Å². The van der Waals surface area contributed by atoms with Crippen LogP contribution in [0.25, 0.3) is 0 Å². The first-order chi connectivity index (χ1) is 7.86. The number of rotatable bonds is 8. The lowest BCUT2D eigenvalue weighted by Crippen LogP contribution is -2.34. The Morgan fingerprint density at radius 2 is 1.56 bits per heavy atom. The van der Waals surface area contributed by atoms with Gasteiger partial charge in [0.25, 0.3) is 0 Å². The van der Waals surface area contributed by atoms with E-state index in [4.69, 9.17) is 0 Å². The quantitative estimate of drug-likeness (QED) is 0.551. The molecule has 0 aromatic heterocycles. The monoisotopic (exact) mass is 225 g/mol. The second-order valence-electron chi connectivity index (χ2n) is 5.49. The Morgan fingerprint density at radius 1 is 0.875 bits per heavy atom. The summed E-state index contributed by atoms with van der Waals surface area (Å²) in [5.41, 5.74) is 0. The van der Waals surface area contributed by atoms with Gasteiger partial charge in [0.05, 0.1) is 0 Å². The summed E-state index contributed by atoms with van der Waals surface area (Å²) in [6.45, 7) is 8.71. The molecular formula is C15H31N. The molecule has 0 aromatic carbocycles. The highest BCUT2D eigenvalue weighted by atomic mass is 15.1. The van der Waals surface area contributed by atoms with Crippen LogP contribution in [0.1, 0.15) is 71.6 Å². The van der Waals surface area contributed by atoms with Crippen molar-refractivity contribution in [2.75, 3.05) is 19.6 Å². The van der Waals surface area contributed by atoms with E-state index in [2.05, 4.69) is 18.7 Å². The highest BCUT2D eigenvalue weighted by Gasteiger charge is 2.17. The van der Waals surface area contributed by atoms with Gasteiger partial charge in [0.15, 0.2) is 0 Å². The Labute approximate surface area is 103 Å². The fourth-order valence-corrected chi connectivity index (χ4v) is 2.75. The molecule has 0 spiro atoms. The Bertz CT molecular complexity index is 148. The number of hydrogen-bond donors (Lipinski definition) is 0. The third-order valence-corrected chi connectivity index (χ3v) is 4.00. The molecule has 0 atom stereocenters. The molecule has 1 aliphatic rings. The highest BCUT2D eigenvalue weighted by molar-refractivity contribution is 4.72. The molecule has 0 radical (unpaired) electrons. The van der Waals surface area contributed by atoms with E-state index in [0.717, 1.165) is 5.92 Å². The van der Waals surface area contributed by atoms with Gasteiger partial charge in [-0.25, -0.2) is 0 Å². The molecule has 0 aromatic rings. The zero-order valence-electron chi connectivity index (χ0n) is 11.5. The van der Waals surface area contributed by atoms with Crippen LogP contribution < -0.4 is 0 Å². The molecular weight excluding hydrogens is 194 g/mol. The number of hydrogen-bond acceptors (Lipinski definition) is 1. The normalized spacial score (nSPS) is 19.1. The van der Waals surface area contributed by atoms with Gasteiger partial charge in [-0.1, -0.05) is 52.4 Å². The predicted octanol–water partition coefficient (Wildman–Crippen LogP) is 4.47. The lowest BCUT2D eigenvalue weighted by atomic mass is 9.91. The van der Waals surface area contributed by atoms with E-state index in [1.807, 2.05) is 0 Å². The van der Waals surface area contributed by atoms with Crippen LogP contribution in [0.2, 0.25) is 0 Å². The SMILES string of the molecule is CCCCCCN1CCC(CCCC)CC1. The maximum atomic E-state index is 2.69. The van der Waals surface area contributed by atoms with Crippen molar-refractivity contribution in [2.24, 2.45) is 5.92 Å². The van der Waals surface area contributed by atoms with E-state index in [1.54, 1.807) is 0 Å². The summed E-state index contributed by atoms with van der Waals surface area (Å²) in [6.07, 6.45) is 12.9. The first kappa shape index (κ1) is 14.0. The van der Waals surface area contributed by atoms with Crippen LogP contribution in [-0.4, -0.2) is 24.5 Å². The molecule has 0 saturated carbocycles. The van der Waals surface area contributed by atoms with E-state index in [9.17, 15) is 0 Å². The number of unbranched alkanes of at least 4 members (excludes halogenated alkanes) is 4. The number of piperidine rings is 1. The Morgan fingerprint density at radius 3 is 2.19 bits per heavy atom. The molecule has 1 heteroatoms. The van der Waals surface area contributed by atoms with Gasteiger partial charge in [0.1, 0.15) is 0 Å². The van der Waals surface area contributed by atoms with Gasteiger partial charge in [-0.15, -0.1) is 0 Å². The van der Waals surface area contributed by atoms with Crippen molar-refractivity contribution in [1.82, 2.24) is 4.90 Å². The van der Waals surface area contributed by atoms with E-state index >= 15 is 0 Å². The molecule has 0 bridgehead atoms. The molecule has 1 heterocycles. The Hall–Kier alpha value is -0.0400. The molecule has 96 valence electrons. The van der Waals surface area contributed by atoms with Crippen molar-refractivity contribution < 1.29 is 0 Å². The van der Waals surface area contributed by atoms with Crippen LogP contribution in [0, 0.1) is 5.92 Å². The standard InChI is InChI=1S/C15H31N/c1-3-5-7-8-12-16-13-10-15(11-14-16)9-6-4-2/h15H,3-14H2,1-2H3. The summed E-state index contributed by atoms with van der Waals surface area (Å²) < 4.78 is 0. The summed E-state index contributed by atoms with van der Waals surface area (Å²) in [4.78, 5) is 2.69. The highest BCUT2D eigenvalue weighted by Crippen LogP contribution is 2.22. The summed E-state index contributed by atoms with van der Waals surface area (Å²) in [5.74, 6) is 1.05. The minimum absolute atomic E-state index is 1.05. The first-order valence-corrected chi connectivity index (χ1v) is 7.59. The Balaban J connectivity index is 1.98. The molecule has 1 aliphatic heterocycles. The summed E-state index contributed by atoms with van der Waals surface area (Å²) in [6, 6.07) is 0. The second kappa shape index (κ2) is 9.04. The van der Waals surface area contributed by atoms with Crippen LogP contribution in [0.4, 0.5) is 0 Å². The minimum atomic E-state index is 1.05. The first-order valence-electron chi connectivity index (χ1n) is 7.59. The van der Waals surface area contributed by atoms with Gasteiger partial charge in [-0.2, -0.15) is 0 Å². The molecule has 1 saturated heterocycles. The van der Waals surface area contributed by atoms with Crippen LogP contribution in [0.5, 0.6) is 0 Å². The molecule has 0 aliphatic carbocycles. The minimum Gasteiger partial charge on any atom is -0.303 e. The smallest absolute Gasteiger partial charge is 0.00161 e. The molecule has 0 amide bonds. The molecule has 16 heavy (non-hydrogen) atoms. The van der Waals surface area contributed by atoms with Crippen molar-refractivity contribution in [3.05, 3.63) is 0 Å². The van der Waals surface area contributed by atoms with Crippen molar-refractivity contribution >= 4 is 0 Å². The van der Waals surface area contributed by atoms with Crippen molar-refractivity contribution in [3.63, 3.8) is 0 Å². The predicted molar refractivity (Wildman–Crippen MR) is 72.8 cm³/mol. The largest absolute Gasteiger partial charge is 0.303 e. The molecule has 1 fully saturated rings. The van der Waals surface area contributed by atoms with Gasteiger partial charge in [0, 0.05) is 0 Å². The number of likely N-dealkylation sites (tertiary alicyclic amines) is 1. The second-order valence-corrected chi connectivity index (χ2v) is 5.49. The average Bonchev–Trinajstić information content (AvgIpc) is 2.33. The van der Waals surface area contributed by atoms with Crippen molar-refractivity contribution in [2.45, 2.75) is 71.6 Å². The van der Waals surface area contributed by atoms with Gasteiger partial charge in [-0.05, 0) is 44.8 Å². The van der Waals surface area contributed by atoms with Crippen LogP contribution in [0.3, 0.4) is 0 Å². The molecule has 0 unspecified atom stereocenters. The zero-order chi connectivity index (χ0) is 11.6. The van der Waals surface area contributed by atoms with Crippen LogP contribution in [0.15, 0.2) is 0 Å². The zero-order valence-corrected chi connectivity index (χ0v) is 11.5. The topological polar surface area (TPSA) is 3.24 Å². The average molecular weight is 225 g/mol.